The highest BCUT2D eigenvalue weighted by Crippen LogP contribution is 2.33. The number of carbonyl (C=O) groups is 1. The molecule has 0 spiro atoms. The molecule has 0 saturated carbocycles. The molecule has 0 atom stereocenters. The molecule has 0 radical (unpaired) electrons. The normalized spacial score (nSPS) is 10.5. The number of anilines is 1. The van der Waals surface area contributed by atoms with Crippen LogP contribution in [0.2, 0.25) is 0 Å². The van der Waals surface area contributed by atoms with E-state index in [1.807, 2.05) is 31.2 Å². The number of aryl methyl sites for hydroxylation is 2. The Hall–Kier alpha value is -3.13. The monoisotopic (exact) mass is 368 g/mol. The lowest BCUT2D eigenvalue weighted by Crippen LogP contribution is -2.13. The van der Waals surface area contributed by atoms with Gasteiger partial charge in [0, 0.05) is 40.9 Å². The van der Waals surface area contributed by atoms with Crippen LogP contribution >= 0.6 is 11.8 Å². The van der Waals surface area contributed by atoms with Crippen molar-refractivity contribution in [2.45, 2.75) is 16.7 Å². The van der Waals surface area contributed by atoms with Crippen molar-refractivity contribution >= 4 is 29.0 Å². The van der Waals surface area contributed by atoms with Crippen LogP contribution in [-0.4, -0.2) is 20.6 Å². The van der Waals surface area contributed by atoms with Crippen LogP contribution in [0.1, 0.15) is 16.1 Å². The zero-order chi connectivity index (χ0) is 18.7. The van der Waals surface area contributed by atoms with Gasteiger partial charge < -0.3 is 5.32 Å². The van der Waals surface area contributed by atoms with E-state index in [4.69, 9.17) is 0 Å². The molecule has 0 fully saturated rings. The molecule has 1 heterocycles. The van der Waals surface area contributed by atoms with Gasteiger partial charge in [0.05, 0.1) is 4.92 Å². The van der Waals surface area contributed by atoms with E-state index in [0.29, 0.717) is 10.6 Å². The molecular weight excluding hydrogens is 352 g/mol. The van der Waals surface area contributed by atoms with Gasteiger partial charge in [-0.25, -0.2) is 0 Å². The summed E-state index contributed by atoms with van der Waals surface area (Å²) in [4.78, 5) is 24.6. The summed E-state index contributed by atoms with van der Waals surface area (Å²) in [7, 11) is 1.71. The van der Waals surface area contributed by atoms with Gasteiger partial charge in [-0.15, -0.1) is 0 Å². The van der Waals surface area contributed by atoms with Crippen molar-refractivity contribution in [3.8, 4) is 0 Å². The number of nitro groups is 1. The number of non-ortho nitro benzene ring substituents is 1. The molecule has 2 aromatic carbocycles. The molecule has 8 heteroatoms. The summed E-state index contributed by atoms with van der Waals surface area (Å²) in [5.74, 6) is -0.419. The second-order valence-corrected chi connectivity index (χ2v) is 6.86. The average molecular weight is 368 g/mol. The van der Waals surface area contributed by atoms with Gasteiger partial charge in [-0.2, -0.15) is 5.10 Å². The highest BCUT2D eigenvalue weighted by atomic mass is 32.2. The first-order chi connectivity index (χ1) is 12.4. The molecule has 0 aliphatic heterocycles. The molecule has 132 valence electrons. The molecule has 0 unspecified atom stereocenters. The standard InChI is InChI=1S/C18H16N4O3S/c1-12-3-5-15(6-4-12)26-16-10-13(9-14(11-16)22(24)25)19-18(23)17-7-8-21(2)20-17/h3-11H,1-2H3,(H,19,23). The summed E-state index contributed by atoms with van der Waals surface area (Å²) in [6.07, 6.45) is 1.65. The molecule has 3 rings (SSSR count). The number of nitrogens with one attached hydrogen (secondary N) is 1. The largest absolute Gasteiger partial charge is 0.320 e. The molecule has 7 nitrogen and oxygen atoms in total. The number of benzene rings is 2. The van der Waals surface area contributed by atoms with Crippen LogP contribution < -0.4 is 5.32 Å². The highest BCUT2D eigenvalue weighted by molar-refractivity contribution is 7.99. The van der Waals surface area contributed by atoms with Gasteiger partial charge in [0.25, 0.3) is 11.6 Å². The minimum absolute atomic E-state index is 0.0848. The lowest BCUT2D eigenvalue weighted by molar-refractivity contribution is -0.385. The molecule has 0 aliphatic carbocycles. The van der Waals surface area contributed by atoms with Crippen LogP contribution in [0.25, 0.3) is 0 Å². The topological polar surface area (TPSA) is 90.1 Å². The fourth-order valence-corrected chi connectivity index (χ4v) is 3.20. The van der Waals surface area contributed by atoms with Crippen molar-refractivity contribution in [3.05, 3.63) is 76.1 Å². The Morgan fingerprint density at radius 2 is 1.88 bits per heavy atom. The van der Waals surface area contributed by atoms with Gasteiger partial charge in [-0.1, -0.05) is 29.5 Å². The molecule has 0 bridgehead atoms. The number of hydrogen-bond donors (Lipinski definition) is 1. The van der Waals surface area contributed by atoms with Crippen molar-refractivity contribution in [1.29, 1.82) is 0 Å². The van der Waals surface area contributed by atoms with Crippen molar-refractivity contribution in [2.24, 2.45) is 7.05 Å². The summed E-state index contributed by atoms with van der Waals surface area (Å²) >= 11 is 1.39. The lowest BCUT2D eigenvalue weighted by Gasteiger charge is -2.07. The smallest absolute Gasteiger partial charge is 0.276 e. The Balaban J connectivity index is 1.87. The number of aromatic nitrogens is 2. The van der Waals surface area contributed by atoms with Gasteiger partial charge in [-0.05, 0) is 31.2 Å². The highest BCUT2D eigenvalue weighted by Gasteiger charge is 2.14. The zero-order valence-electron chi connectivity index (χ0n) is 14.2. The summed E-state index contributed by atoms with van der Waals surface area (Å²) in [5.41, 5.74) is 1.64. The van der Waals surface area contributed by atoms with Crippen LogP contribution in [0.4, 0.5) is 11.4 Å². The lowest BCUT2D eigenvalue weighted by atomic mass is 10.2. The van der Waals surface area contributed by atoms with Crippen LogP contribution in [0, 0.1) is 17.0 Å². The van der Waals surface area contributed by atoms with Gasteiger partial charge >= 0.3 is 0 Å². The predicted molar refractivity (Wildman–Crippen MR) is 99.6 cm³/mol. The van der Waals surface area contributed by atoms with Crippen LogP contribution in [0.5, 0.6) is 0 Å². The minimum Gasteiger partial charge on any atom is -0.320 e. The quantitative estimate of drug-likeness (QED) is 0.542. The van der Waals surface area contributed by atoms with E-state index in [9.17, 15) is 14.9 Å². The molecule has 26 heavy (non-hydrogen) atoms. The molecule has 0 saturated heterocycles. The second kappa shape index (κ2) is 7.40. The SMILES string of the molecule is Cc1ccc(Sc2cc(NC(=O)c3ccn(C)n3)cc([N+](=O)[O-])c2)cc1. The number of carbonyl (C=O) groups excluding carboxylic acids is 1. The van der Waals surface area contributed by atoms with E-state index < -0.39 is 10.8 Å². The van der Waals surface area contributed by atoms with Crippen molar-refractivity contribution in [2.75, 3.05) is 5.32 Å². The minimum atomic E-state index is -0.477. The Labute approximate surface area is 154 Å². The fourth-order valence-electron chi connectivity index (χ4n) is 2.29. The van der Waals surface area contributed by atoms with E-state index in [0.717, 1.165) is 10.5 Å². The first-order valence-electron chi connectivity index (χ1n) is 7.76. The summed E-state index contributed by atoms with van der Waals surface area (Å²) in [5, 5.41) is 17.9. The Morgan fingerprint density at radius 1 is 1.15 bits per heavy atom. The molecule has 1 aromatic heterocycles. The molecule has 3 aromatic rings. The van der Waals surface area contributed by atoms with Crippen LogP contribution in [0.15, 0.2) is 64.5 Å². The van der Waals surface area contributed by atoms with E-state index in [1.165, 1.54) is 28.6 Å². The van der Waals surface area contributed by atoms with Gasteiger partial charge in [0.1, 0.15) is 0 Å². The Kier molecular flexibility index (Phi) is 5.04. The fraction of sp³-hybridized carbons (Fsp3) is 0.111. The van der Waals surface area contributed by atoms with Gasteiger partial charge in [0.2, 0.25) is 0 Å². The van der Waals surface area contributed by atoms with Crippen molar-refractivity contribution in [1.82, 2.24) is 9.78 Å². The number of hydrogen-bond acceptors (Lipinski definition) is 5. The molecular formula is C18H16N4O3S. The third-order valence-corrected chi connectivity index (χ3v) is 4.54. The number of nitro benzene ring substituents is 1. The van der Waals surface area contributed by atoms with Crippen molar-refractivity contribution in [3.63, 3.8) is 0 Å². The van der Waals surface area contributed by atoms with E-state index >= 15 is 0 Å². The maximum Gasteiger partial charge on any atom is 0.276 e. The molecule has 0 aliphatic rings. The predicted octanol–water partition coefficient (Wildman–Crippen LogP) is 4.04. The number of amides is 1. The third kappa shape index (κ3) is 4.28. The van der Waals surface area contributed by atoms with E-state index in [-0.39, 0.29) is 11.4 Å². The number of rotatable bonds is 5. The first-order valence-corrected chi connectivity index (χ1v) is 8.57. The molecule has 1 amide bonds. The van der Waals surface area contributed by atoms with Gasteiger partial charge in [0.15, 0.2) is 5.69 Å². The summed E-state index contributed by atoms with van der Waals surface area (Å²) in [6.45, 7) is 1.99. The Bertz CT molecular complexity index is 967. The van der Waals surface area contributed by atoms with E-state index in [1.54, 1.807) is 25.4 Å². The van der Waals surface area contributed by atoms with Crippen LogP contribution in [-0.2, 0) is 7.05 Å². The maximum absolute atomic E-state index is 12.3. The van der Waals surface area contributed by atoms with Crippen molar-refractivity contribution < 1.29 is 9.72 Å². The number of nitrogens with zero attached hydrogens (tertiary/aromatic N) is 3. The van der Waals surface area contributed by atoms with Gasteiger partial charge in [-0.3, -0.25) is 19.6 Å². The third-order valence-electron chi connectivity index (χ3n) is 3.56. The maximum atomic E-state index is 12.3. The summed E-state index contributed by atoms with van der Waals surface area (Å²) in [6, 6.07) is 14.0. The summed E-state index contributed by atoms with van der Waals surface area (Å²) < 4.78 is 1.51. The zero-order valence-corrected chi connectivity index (χ0v) is 15.0. The average Bonchev–Trinajstić information content (AvgIpc) is 3.03. The van der Waals surface area contributed by atoms with Crippen LogP contribution in [0.3, 0.4) is 0 Å². The van der Waals surface area contributed by atoms with E-state index in [2.05, 4.69) is 10.4 Å². The molecule has 1 N–H and O–H groups in total. The Morgan fingerprint density at radius 3 is 2.50 bits per heavy atom. The first kappa shape index (κ1) is 17.7. The second-order valence-electron chi connectivity index (χ2n) is 5.72.